The Morgan fingerprint density at radius 2 is 2.24 bits per heavy atom. The lowest BCUT2D eigenvalue weighted by atomic mass is 10.2. The molecule has 2 amide bonds. The average Bonchev–Trinajstić information content (AvgIpc) is 2.78. The SMILES string of the molecule is CCC(NC(=O)NC(C)C(=O)O)c1ncc[nH]1. The Balaban J connectivity index is 2.52. The Hall–Kier alpha value is -2.05. The second-order valence-corrected chi connectivity index (χ2v) is 3.61. The molecule has 0 radical (unpaired) electrons. The number of aromatic amines is 1. The van der Waals surface area contributed by atoms with Gasteiger partial charge in [0.05, 0.1) is 6.04 Å². The highest BCUT2D eigenvalue weighted by Crippen LogP contribution is 2.10. The van der Waals surface area contributed by atoms with Crippen molar-refractivity contribution in [3.63, 3.8) is 0 Å². The third kappa shape index (κ3) is 3.78. The summed E-state index contributed by atoms with van der Waals surface area (Å²) in [6.07, 6.45) is 3.91. The largest absolute Gasteiger partial charge is 0.480 e. The molecule has 0 aliphatic heterocycles. The molecular formula is C10H16N4O3. The van der Waals surface area contributed by atoms with Crippen LogP contribution >= 0.6 is 0 Å². The summed E-state index contributed by atoms with van der Waals surface area (Å²) in [6.45, 7) is 3.30. The van der Waals surface area contributed by atoms with Gasteiger partial charge in [0.15, 0.2) is 0 Å². The number of aromatic nitrogens is 2. The first kappa shape index (κ1) is 13.0. The van der Waals surface area contributed by atoms with Crippen LogP contribution in [0.25, 0.3) is 0 Å². The lowest BCUT2D eigenvalue weighted by molar-refractivity contribution is -0.138. The number of nitrogens with one attached hydrogen (secondary N) is 3. The number of carboxylic acids is 1. The Kier molecular flexibility index (Phi) is 4.50. The van der Waals surface area contributed by atoms with E-state index in [-0.39, 0.29) is 6.04 Å². The molecule has 1 aromatic rings. The van der Waals surface area contributed by atoms with Crippen LogP contribution in [0.15, 0.2) is 12.4 Å². The highest BCUT2D eigenvalue weighted by atomic mass is 16.4. The zero-order valence-electron chi connectivity index (χ0n) is 9.73. The van der Waals surface area contributed by atoms with Gasteiger partial charge in [0.25, 0.3) is 0 Å². The molecule has 2 unspecified atom stereocenters. The van der Waals surface area contributed by atoms with Gasteiger partial charge in [-0.1, -0.05) is 6.92 Å². The van der Waals surface area contributed by atoms with Crippen molar-refractivity contribution >= 4 is 12.0 Å². The first-order valence-corrected chi connectivity index (χ1v) is 5.33. The standard InChI is InChI=1S/C10H16N4O3/c1-3-7(8-11-4-5-12-8)14-10(17)13-6(2)9(15)16/h4-7H,3H2,1-2H3,(H,11,12)(H,15,16)(H2,13,14,17). The van der Waals surface area contributed by atoms with E-state index in [0.717, 1.165) is 0 Å². The van der Waals surface area contributed by atoms with Crippen LogP contribution in [0.2, 0.25) is 0 Å². The van der Waals surface area contributed by atoms with E-state index >= 15 is 0 Å². The van der Waals surface area contributed by atoms with Gasteiger partial charge in [0.1, 0.15) is 11.9 Å². The maximum atomic E-state index is 11.5. The molecule has 94 valence electrons. The first-order chi connectivity index (χ1) is 8.04. The number of hydrogen-bond donors (Lipinski definition) is 4. The van der Waals surface area contributed by atoms with Gasteiger partial charge >= 0.3 is 12.0 Å². The lowest BCUT2D eigenvalue weighted by Gasteiger charge is -2.16. The van der Waals surface area contributed by atoms with E-state index in [0.29, 0.717) is 12.2 Å². The Morgan fingerprint density at radius 3 is 2.71 bits per heavy atom. The van der Waals surface area contributed by atoms with Crippen LogP contribution in [-0.2, 0) is 4.79 Å². The van der Waals surface area contributed by atoms with Crippen LogP contribution in [0.3, 0.4) is 0 Å². The van der Waals surface area contributed by atoms with Crippen LogP contribution in [0.1, 0.15) is 32.1 Å². The molecule has 0 aromatic carbocycles. The van der Waals surface area contributed by atoms with Crippen LogP contribution < -0.4 is 10.6 Å². The fourth-order valence-electron chi connectivity index (χ4n) is 1.29. The Bertz CT molecular complexity index is 377. The summed E-state index contributed by atoms with van der Waals surface area (Å²) in [5.74, 6) is -0.433. The number of nitrogens with zero attached hydrogens (tertiary/aromatic N) is 1. The van der Waals surface area contributed by atoms with E-state index in [4.69, 9.17) is 5.11 Å². The quantitative estimate of drug-likeness (QED) is 0.605. The van der Waals surface area contributed by atoms with Crippen molar-refractivity contribution in [3.8, 4) is 0 Å². The Labute approximate surface area is 98.6 Å². The van der Waals surface area contributed by atoms with E-state index in [9.17, 15) is 9.59 Å². The van der Waals surface area contributed by atoms with Gasteiger partial charge < -0.3 is 20.7 Å². The molecule has 7 heteroatoms. The van der Waals surface area contributed by atoms with E-state index in [2.05, 4.69) is 20.6 Å². The second-order valence-electron chi connectivity index (χ2n) is 3.61. The number of aliphatic carboxylic acids is 1. The minimum atomic E-state index is -1.08. The molecule has 17 heavy (non-hydrogen) atoms. The first-order valence-electron chi connectivity index (χ1n) is 5.33. The number of urea groups is 1. The summed E-state index contributed by atoms with van der Waals surface area (Å²) < 4.78 is 0. The van der Waals surface area contributed by atoms with Crippen LogP contribution in [0, 0.1) is 0 Å². The number of hydrogen-bond acceptors (Lipinski definition) is 3. The summed E-state index contributed by atoms with van der Waals surface area (Å²) in [6, 6.07) is -1.71. The van der Waals surface area contributed by atoms with Crippen LogP contribution in [-0.4, -0.2) is 33.1 Å². The highest BCUT2D eigenvalue weighted by molar-refractivity contribution is 5.82. The van der Waals surface area contributed by atoms with Gasteiger partial charge in [-0.05, 0) is 13.3 Å². The van der Waals surface area contributed by atoms with Gasteiger partial charge in [0, 0.05) is 12.4 Å². The molecular weight excluding hydrogens is 224 g/mol. The van der Waals surface area contributed by atoms with Gasteiger partial charge in [-0.3, -0.25) is 4.79 Å². The number of imidazole rings is 1. The summed E-state index contributed by atoms with van der Waals surface area (Å²) in [5, 5.41) is 13.6. The summed E-state index contributed by atoms with van der Waals surface area (Å²) >= 11 is 0. The minimum Gasteiger partial charge on any atom is -0.480 e. The fraction of sp³-hybridized carbons (Fsp3) is 0.500. The van der Waals surface area contributed by atoms with Gasteiger partial charge in [-0.2, -0.15) is 0 Å². The van der Waals surface area contributed by atoms with Crippen molar-refractivity contribution in [3.05, 3.63) is 18.2 Å². The van der Waals surface area contributed by atoms with Crippen molar-refractivity contribution in [2.45, 2.75) is 32.4 Å². The number of rotatable bonds is 5. The maximum Gasteiger partial charge on any atom is 0.325 e. The van der Waals surface area contributed by atoms with Crippen LogP contribution in [0.4, 0.5) is 4.79 Å². The lowest BCUT2D eigenvalue weighted by Crippen LogP contribution is -2.45. The fourth-order valence-corrected chi connectivity index (χ4v) is 1.29. The van der Waals surface area contributed by atoms with Gasteiger partial charge in [0.2, 0.25) is 0 Å². The molecule has 0 aliphatic carbocycles. The van der Waals surface area contributed by atoms with E-state index in [1.807, 2.05) is 6.92 Å². The molecule has 1 heterocycles. The molecule has 0 saturated carbocycles. The van der Waals surface area contributed by atoms with E-state index in [1.165, 1.54) is 6.92 Å². The third-order valence-corrected chi connectivity index (χ3v) is 2.28. The monoisotopic (exact) mass is 240 g/mol. The van der Waals surface area contributed by atoms with Crippen molar-refractivity contribution in [1.82, 2.24) is 20.6 Å². The predicted molar refractivity (Wildman–Crippen MR) is 60.4 cm³/mol. The van der Waals surface area contributed by atoms with Crippen molar-refractivity contribution in [2.24, 2.45) is 0 Å². The third-order valence-electron chi connectivity index (χ3n) is 2.28. The molecule has 1 rings (SSSR count). The van der Waals surface area contributed by atoms with E-state index < -0.39 is 18.0 Å². The van der Waals surface area contributed by atoms with Crippen molar-refractivity contribution < 1.29 is 14.7 Å². The molecule has 2 atom stereocenters. The smallest absolute Gasteiger partial charge is 0.325 e. The predicted octanol–water partition coefficient (Wildman–Crippen LogP) is 0.633. The highest BCUT2D eigenvalue weighted by Gasteiger charge is 2.18. The number of H-pyrrole nitrogens is 1. The number of carboxylic acid groups (broad SMARTS) is 1. The normalized spacial score (nSPS) is 13.8. The van der Waals surface area contributed by atoms with Crippen molar-refractivity contribution in [2.75, 3.05) is 0 Å². The minimum absolute atomic E-state index is 0.258. The van der Waals surface area contributed by atoms with Crippen LogP contribution in [0.5, 0.6) is 0 Å². The zero-order valence-corrected chi connectivity index (χ0v) is 9.73. The molecule has 0 bridgehead atoms. The molecule has 0 spiro atoms. The van der Waals surface area contributed by atoms with Crippen molar-refractivity contribution in [1.29, 1.82) is 0 Å². The molecule has 4 N–H and O–H groups in total. The number of carbonyl (C=O) groups is 2. The summed E-state index contributed by atoms with van der Waals surface area (Å²) in [5.41, 5.74) is 0. The maximum absolute atomic E-state index is 11.5. The topological polar surface area (TPSA) is 107 Å². The Morgan fingerprint density at radius 1 is 1.53 bits per heavy atom. The average molecular weight is 240 g/mol. The number of carbonyl (C=O) groups excluding carboxylic acids is 1. The van der Waals surface area contributed by atoms with Gasteiger partial charge in [-0.15, -0.1) is 0 Å². The molecule has 1 aromatic heterocycles. The number of amides is 2. The molecule has 7 nitrogen and oxygen atoms in total. The second kappa shape index (κ2) is 5.88. The molecule has 0 aliphatic rings. The molecule has 0 fully saturated rings. The summed E-state index contributed by atoms with van der Waals surface area (Å²) in [4.78, 5) is 29.0. The zero-order chi connectivity index (χ0) is 12.8. The summed E-state index contributed by atoms with van der Waals surface area (Å²) in [7, 11) is 0. The molecule has 0 saturated heterocycles. The van der Waals surface area contributed by atoms with E-state index in [1.54, 1.807) is 12.4 Å². The van der Waals surface area contributed by atoms with Gasteiger partial charge in [-0.25, -0.2) is 9.78 Å².